The number of carboxylic acids is 1. The molecular weight excluding hydrogens is 266 g/mol. The molecule has 0 unspecified atom stereocenters. The molecule has 0 spiro atoms. The molecule has 0 saturated heterocycles. The summed E-state index contributed by atoms with van der Waals surface area (Å²) in [6.45, 7) is 5.89. The number of aryl methyl sites for hydroxylation is 3. The maximum atomic E-state index is 11.1. The zero-order valence-electron chi connectivity index (χ0n) is 11.0. The van der Waals surface area contributed by atoms with Crippen molar-refractivity contribution in [3.8, 4) is 5.75 Å². The van der Waals surface area contributed by atoms with Crippen molar-refractivity contribution in [1.82, 2.24) is 5.16 Å². The smallest absolute Gasteiger partial charge is 0.349 e. The average molecular weight is 281 g/mol. The fourth-order valence-electron chi connectivity index (χ4n) is 1.71. The molecule has 0 aliphatic heterocycles. The largest absolute Gasteiger partial charge is 0.487 e. The lowest BCUT2D eigenvalue weighted by molar-refractivity contribution is 0.0697. The second-order valence-electron chi connectivity index (χ2n) is 4.16. The fraction of sp³-hybridized carbons (Fsp3) is 0.385. The number of nitrogens with zero attached hydrogens (tertiary/aromatic N) is 1. The SMILES string of the molecule is CCc1cc(OCc2c(C)noc2C)c(C(=O)O)s1. The average Bonchev–Trinajstić information content (AvgIpc) is 2.92. The Hall–Kier alpha value is -1.82. The Kier molecular flexibility index (Phi) is 3.90. The highest BCUT2D eigenvalue weighted by atomic mass is 32.1. The molecule has 102 valence electrons. The lowest BCUT2D eigenvalue weighted by Crippen LogP contribution is -2.01. The Morgan fingerprint density at radius 1 is 1.53 bits per heavy atom. The van der Waals surface area contributed by atoms with Gasteiger partial charge in [-0.05, 0) is 26.3 Å². The van der Waals surface area contributed by atoms with Crippen LogP contribution in [0.15, 0.2) is 10.6 Å². The summed E-state index contributed by atoms with van der Waals surface area (Å²) in [5.74, 6) is 0.146. The van der Waals surface area contributed by atoms with E-state index in [9.17, 15) is 4.79 Å². The van der Waals surface area contributed by atoms with Gasteiger partial charge in [-0.3, -0.25) is 0 Å². The van der Waals surface area contributed by atoms with Gasteiger partial charge in [-0.2, -0.15) is 0 Å². The number of carboxylic acid groups (broad SMARTS) is 1. The van der Waals surface area contributed by atoms with Gasteiger partial charge in [0.1, 0.15) is 18.1 Å². The summed E-state index contributed by atoms with van der Waals surface area (Å²) in [6, 6.07) is 1.78. The molecule has 2 heterocycles. The van der Waals surface area contributed by atoms with Crippen LogP contribution in [0.4, 0.5) is 0 Å². The highest BCUT2D eigenvalue weighted by Gasteiger charge is 2.17. The van der Waals surface area contributed by atoms with E-state index in [0.29, 0.717) is 11.5 Å². The summed E-state index contributed by atoms with van der Waals surface area (Å²) in [4.78, 5) is 12.4. The Labute approximate surface area is 114 Å². The molecule has 0 aliphatic rings. The van der Waals surface area contributed by atoms with Gasteiger partial charge in [-0.25, -0.2) is 4.79 Å². The van der Waals surface area contributed by atoms with Crippen molar-refractivity contribution >= 4 is 17.3 Å². The van der Waals surface area contributed by atoms with Crippen LogP contribution in [-0.2, 0) is 13.0 Å². The van der Waals surface area contributed by atoms with Crippen LogP contribution in [0.5, 0.6) is 5.75 Å². The predicted molar refractivity (Wildman–Crippen MR) is 71.0 cm³/mol. The monoisotopic (exact) mass is 281 g/mol. The first-order chi connectivity index (χ1) is 9.02. The molecule has 1 N–H and O–H groups in total. The van der Waals surface area contributed by atoms with Crippen LogP contribution in [0, 0.1) is 13.8 Å². The molecule has 6 heteroatoms. The minimum Gasteiger partial charge on any atom is -0.487 e. The molecule has 2 aromatic rings. The number of thiophene rings is 1. The lowest BCUT2D eigenvalue weighted by Gasteiger charge is -2.04. The summed E-state index contributed by atoms with van der Waals surface area (Å²) in [5, 5.41) is 13.0. The minimum atomic E-state index is -0.960. The lowest BCUT2D eigenvalue weighted by atomic mass is 10.2. The van der Waals surface area contributed by atoms with E-state index in [1.807, 2.05) is 20.8 Å². The topological polar surface area (TPSA) is 72.6 Å². The standard InChI is InChI=1S/C13H15NO4S/c1-4-9-5-11(12(19-9)13(15)16)17-6-10-7(2)14-18-8(10)3/h5H,4,6H2,1-3H3,(H,15,16). The van der Waals surface area contributed by atoms with Gasteiger partial charge < -0.3 is 14.4 Å². The number of rotatable bonds is 5. The van der Waals surface area contributed by atoms with Gasteiger partial charge in [0.05, 0.1) is 11.3 Å². The maximum absolute atomic E-state index is 11.1. The van der Waals surface area contributed by atoms with Gasteiger partial charge in [0.25, 0.3) is 0 Å². The third-order valence-corrected chi connectivity index (χ3v) is 4.09. The van der Waals surface area contributed by atoms with E-state index in [2.05, 4.69) is 5.16 Å². The Morgan fingerprint density at radius 3 is 2.79 bits per heavy atom. The van der Waals surface area contributed by atoms with Gasteiger partial charge in [0, 0.05) is 4.88 Å². The molecule has 0 aliphatic carbocycles. The third kappa shape index (κ3) is 2.78. The van der Waals surface area contributed by atoms with Crippen molar-refractivity contribution in [3.63, 3.8) is 0 Å². The van der Waals surface area contributed by atoms with Crippen LogP contribution in [0.3, 0.4) is 0 Å². The Balaban J connectivity index is 2.19. The van der Waals surface area contributed by atoms with E-state index in [4.69, 9.17) is 14.4 Å². The highest BCUT2D eigenvalue weighted by molar-refractivity contribution is 7.14. The van der Waals surface area contributed by atoms with Crippen molar-refractivity contribution in [3.05, 3.63) is 32.8 Å². The molecule has 0 amide bonds. The van der Waals surface area contributed by atoms with Gasteiger partial charge in [-0.1, -0.05) is 12.1 Å². The molecule has 0 saturated carbocycles. The second kappa shape index (κ2) is 5.44. The first kappa shape index (κ1) is 13.6. The van der Waals surface area contributed by atoms with Crippen molar-refractivity contribution in [2.45, 2.75) is 33.8 Å². The molecular formula is C13H15NO4S. The minimum absolute atomic E-state index is 0.239. The molecule has 0 atom stereocenters. The molecule has 0 aromatic carbocycles. The fourth-order valence-corrected chi connectivity index (χ4v) is 2.59. The van der Waals surface area contributed by atoms with E-state index < -0.39 is 5.97 Å². The first-order valence-electron chi connectivity index (χ1n) is 5.93. The van der Waals surface area contributed by atoms with Gasteiger partial charge in [0.15, 0.2) is 4.88 Å². The summed E-state index contributed by atoms with van der Waals surface area (Å²) >= 11 is 1.25. The molecule has 0 radical (unpaired) electrons. The number of carbonyl (C=O) groups is 1. The highest BCUT2D eigenvalue weighted by Crippen LogP contribution is 2.31. The zero-order chi connectivity index (χ0) is 14.0. The molecule has 2 aromatic heterocycles. The molecule has 0 bridgehead atoms. The first-order valence-corrected chi connectivity index (χ1v) is 6.75. The van der Waals surface area contributed by atoms with Crippen LogP contribution < -0.4 is 4.74 Å². The Morgan fingerprint density at radius 2 is 2.26 bits per heavy atom. The number of aromatic nitrogens is 1. The zero-order valence-corrected chi connectivity index (χ0v) is 11.8. The molecule has 0 fully saturated rings. The van der Waals surface area contributed by atoms with Gasteiger partial charge in [0.2, 0.25) is 0 Å². The number of hydrogen-bond donors (Lipinski definition) is 1. The van der Waals surface area contributed by atoms with Crippen LogP contribution in [0.1, 0.15) is 38.5 Å². The van der Waals surface area contributed by atoms with Gasteiger partial charge >= 0.3 is 5.97 Å². The van der Waals surface area contributed by atoms with E-state index in [0.717, 1.165) is 22.6 Å². The van der Waals surface area contributed by atoms with Crippen molar-refractivity contribution < 1.29 is 19.2 Å². The second-order valence-corrected chi connectivity index (χ2v) is 5.29. The van der Waals surface area contributed by atoms with Crippen LogP contribution >= 0.6 is 11.3 Å². The van der Waals surface area contributed by atoms with Crippen molar-refractivity contribution in [2.75, 3.05) is 0 Å². The van der Waals surface area contributed by atoms with Gasteiger partial charge in [-0.15, -0.1) is 11.3 Å². The summed E-state index contributed by atoms with van der Waals surface area (Å²) in [6.07, 6.45) is 0.791. The summed E-state index contributed by atoms with van der Waals surface area (Å²) in [7, 11) is 0. The van der Waals surface area contributed by atoms with E-state index in [-0.39, 0.29) is 11.5 Å². The van der Waals surface area contributed by atoms with Crippen molar-refractivity contribution in [2.24, 2.45) is 0 Å². The number of ether oxygens (including phenoxy) is 1. The summed E-state index contributed by atoms with van der Waals surface area (Å²) < 4.78 is 10.7. The quantitative estimate of drug-likeness (QED) is 0.911. The maximum Gasteiger partial charge on any atom is 0.349 e. The molecule has 5 nitrogen and oxygen atoms in total. The summed E-state index contributed by atoms with van der Waals surface area (Å²) in [5.41, 5.74) is 1.63. The number of hydrogen-bond acceptors (Lipinski definition) is 5. The third-order valence-electron chi connectivity index (χ3n) is 2.84. The Bertz CT molecular complexity index is 580. The van der Waals surface area contributed by atoms with E-state index in [1.54, 1.807) is 6.07 Å². The molecule has 19 heavy (non-hydrogen) atoms. The number of aromatic carboxylic acids is 1. The molecule has 2 rings (SSSR count). The van der Waals surface area contributed by atoms with E-state index in [1.165, 1.54) is 11.3 Å². The van der Waals surface area contributed by atoms with Crippen LogP contribution in [0.25, 0.3) is 0 Å². The van der Waals surface area contributed by atoms with E-state index >= 15 is 0 Å². The van der Waals surface area contributed by atoms with Crippen molar-refractivity contribution in [1.29, 1.82) is 0 Å². The predicted octanol–water partition coefficient (Wildman–Crippen LogP) is 3.19. The normalized spacial score (nSPS) is 10.7. The van der Waals surface area contributed by atoms with Crippen LogP contribution in [-0.4, -0.2) is 16.2 Å². The van der Waals surface area contributed by atoms with Crippen LogP contribution in [0.2, 0.25) is 0 Å².